The van der Waals surface area contributed by atoms with Crippen LogP contribution < -0.4 is 15.3 Å². The van der Waals surface area contributed by atoms with Gasteiger partial charge in [0.15, 0.2) is 5.82 Å². The SMILES string of the molecule is CCOC(=O)Cn1ccn(-c2cc(N3CCC4(CCc5c(Cl)cccc5O4)CC3)no2)c1=O. The smallest absolute Gasteiger partial charge is 0.335 e. The van der Waals surface area contributed by atoms with Gasteiger partial charge in [-0.3, -0.25) is 9.36 Å². The van der Waals surface area contributed by atoms with Gasteiger partial charge in [-0.1, -0.05) is 22.8 Å². The van der Waals surface area contributed by atoms with E-state index >= 15 is 0 Å². The van der Waals surface area contributed by atoms with Crippen molar-refractivity contribution in [3.8, 4) is 11.6 Å². The van der Waals surface area contributed by atoms with E-state index in [2.05, 4.69) is 10.1 Å². The summed E-state index contributed by atoms with van der Waals surface area (Å²) in [5.74, 6) is 1.39. The van der Waals surface area contributed by atoms with Gasteiger partial charge in [0.1, 0.15) is 17.9 Å². The summed E-state index contributed by atoms with van der Waals surface area (Å²) < 4.78 is 19.4. The van der Waals surface area contributed by atoms with Crippen molar-refractivity contribution in [3.05, 3.63) is 57.7 Å². The first-order valence-corrected chi connectivity index (χ1v) is 11.5. The van der Waals surface area contributed by atoms with E-state index < -0.39 is 11.7 Å². The maximum Gasteiger partial charge on any atom is 0.335 e. The Bertz CT molecular complexity index is 1220. The van der Waals surface area contributed by atoms with Crippen LogP contribution in [0.1, 0.15) is 31.7 Å². The van der Waals surface area contributed by atoms with Crippen LogP contribution >= 0.6 is 11.6 Å². The molecule has 0 atom stereocenters. The molecule has 3 aromatic rings. The van der Waals surface area contributed by atoms with Gasteiger partial charge in [0.2, 0.25) is 5.88 Å². The Morgan fingerprint density at radius 2 is 2.06 bits per heavy atom. The van der Waals surface area contributed by atoms with E-state index in [4.69, 9.17) is 25.6 Å². The number of aromatic nitrogens is 3. The van der Waals surface area contributed by atoms with E-state index in [1.807, 2.05) is 18.2 Å². The lowest BCUT2D eigenvalue weighted by atomic mass is 9.83. The standard InChI is InChI=1S/C23H25ClN4O5/c1-2-31-21(29)15-27-12-13-28(22(27)30)20-14-19(25-33-20)26-10-8-23(9-11-26)7-6-16-17(24)4-3-5-18(16)32-23/h3-5,12-14H,2,6-11,15H2,1H3. The minimum atomic E-state index is -0.465. The van der Waals surface area contributed by atoms with Crippen molar-refractivity contribution in [2.75, 3.05) is 24.6 Å². The van der Waals surface area contributed by atoms with Crippen LogP contribution in [-0.2, 0) is 22.5 Å². The van der Waals surface area contributed by atoms with Crippen LogP contribution in [0.25, 0.3) is 5.88 Å². The summed E-state index contributed by atoms with van der Waals surface area (Å²) in [5.41, 5.74) is 0.507. The quantitative estimate of drug-likeness (QED) is 0.526. The molecule has 0 saturated carbocycles. The number of nitrogens with zero attached hydrogens (tertiary/aromatic N) is 4. The molecule has 1 saturated heterocycles. The van der Waals surface area contributed by atoms with Crippen LogP contribution in [0, 0.1) is 0 Å². The average Bonchev–Trinajstić information content (AvgIpc) is 3.42. The lowest BCUT2D eigenvalue weighted by Crippen LogP contribution is -2.50. The zero-order valence-electron chi connectivity index (χ0n) is 18.3. The van der Waals surface area contributed by atoms with Crippen molar-refractivity contribution in [1.82, 2.24) is 14.3 Å². The second-order valence-electron chi connectivity index (χ2n) is 8.40. The first-order valence-electron chi connectivity index (χ1n) is 11.1. The second kappa shape index (κ2) is 8.62. The number of fused-ring (bicyclic) bond motifs is 1. The normalized spacial score (nSPS) is 17.0. The number of esters is 1. The Morgan fingerprint density at radius 3 is 2.85 bits per heavy atom. The number of halogens is 1. The maximum atomic E-state index is 12.6. The predicted octanol–water partition coefficient (Wildman–Crippen LogP) is 3.21. The Kier molecular flexibility index (Phi) is 5.65. The maximum absolute atomic E-state index is 12.6. The highest BCUT2D eigenvalue weighted by Gasteiger charge is 2.40. The van der Waals surface area contributed by atoms with Gasteiger partial charge >= 0.3 is 11.7 Å². The molecule has 1 spiro atoms. The summed E-state index contributed by atoms with van der Waals surface area (Å²) in [5, 5.41) is 4.94. The van der Waals surface area contributed by atoms with Crippen molar-refractivity contribution >= 4 is 23.4 Å². The second-order valence-corrected chi connectivity index (χ2v) is 8.80. The number of piperidine rings is 1. The zero-order valence-corrected chi connectivity index (χ0v) is 19.1. The lowest BCUT2D eigenvalue weighted by molar-refractivity contribution is -0.143. The number of hydrogen-bond acceptors (Lipinski definition) is 7. The molecule has 0 aliphatic carbocycles. The highest BCUT2D eigenvalue weighted by Crippen LogP contribution is 2.42. The molecule has 0 unspecified atom stereocenters. The van der Waals surface area contributed by atoms with Crippen LogP contribution in [0.15, 0.2) is 46.0 Å². The molecule has 0 bridgehead atoms. The van der Waals surface area contributed by atoms with Crippen molar-refractivity contribution in [2.45, 2.75) is 44.8 Å². The Labute approximate surface area is 195 Å². The average molecular weight is 473 g/mol. The lowest BCUT2D eigenvalue weighted by Gasteiger charge is -2.44. The minimum Gasteiger partial charge on any atom is -0.487 e. The molecule has 33 heavy (non-hydrogen) atoms. The molecule has 2 aliphatic rings. The Hall–Kier alpha value is -3.20. The van der Waals surface area contributed by atoms with Crippen molar-refractivity contribution in [1.29, 1.82) is 0 Å². The molecular weight excluding hydrogens is 448 g/mol. The topological polar surface area (TPSA) is 91.7 Å². The number of rotatable bonds is 5. The van der Waals surface area contributed by atoms with Crippen molar-refractivity contribution in [3.63, 3.8) is 0 Å². The summed E-state index contributed by atoms with van der Waals surface area (Å²) in [6.45, 7) is 3.37. The van der Waals surface area contributed by atoms with Crippen LogP contribution in [0.3, 0.4) is 0 Å². The summed E-state index contributed by atoms with van der Waals surface area (Å²) >= 11 is 6.32. The molecule has 9 nitrogen and oxygen atoms in total. The van der Waals surface area contributed by atoms with E-state index in [0.29, 0.717) is 11.7 Å². The van der Waals surface area contributed by atoms with Crippen molar-refractivity contribution < 1.29 is 18.8 Å². The van der Waals surface area contributed by atoms with Crippen LogP contribution in [0.5, 0.6) is 5.75 Å². The van der Waals surface area contributed by atoms with Crippen LogP contribution in [0.4, 0.5) is 5.82 Å². The molecule has 1 fully saturated rings. The first-order chi connectivity index (χ1) is 16.0. The molecule has 0 radical (unpaired) electrons. The Morgan fingerprint density at radius 1 is 1.24 bits per heavy atom. The van der Waals surface area contributed by atoms with E-state index in [0.717, 1.165) is 55.1 Å². The number of hydrogen-bond donors (Lipinski definition) is 0. The number of carbonyl (C=O) groups excluding carboxylic acids is 1. The molecule has 10 heteroatoms. The van der Waals surface area contributed by atoms with Gasteiger partial charge in [-0.2, -0.15) is 0 Å². The molecule has 4 heterocycles. The van der Waals surface area contributed by atoms with Crippen molar-refractivity contribution in [2.24, 2.45) is 0 Å². The monoisotopic (exact) mass is 472 g/mol. The van der Waals surface area contributed by atoms with Gasteiger partial charge < -0.3 is 18.9 Å². The van der Waals surface area contributed by atoms with Gasteiger partial charge in [0, 0.05) is 55.0 Å². The number of benzene rings is 1. The molecule has 174 valence electrons. The number of carbonyl (C=O) groups is 1. The minimum absolute atomic E-state index is 0.150. The van der Waals surface area contributed by atoms with Gasteiger partial charge in [0.05, 0.1) is 6.61 Å². The molecule has 1 aromatic carbocycles. The first kappa shape index (κ1) is 21.6. The van der Waals surface area contributed by atoms with Gasteiger partial charge in [-0.15, -0.1) is 0 Å². The summed E-state index contributed by atoms with van der Waals surface area (Å²) in [6.07, 6.45) is 6.64. The number of anilines is 1. The highest BCUT2D eigenvalue weighted by molar-refractivity contribution is 6.31. The molecule has 5 rings (SSSR count). The van der Waals surface area contributed by atoms with Gasteiger partial charge in [0.25, 0.3) is 0 Å². The third-order valence-corrected chi connectivity index (χ3v) is 6.76. The summed E-state index contributed by atoms with van der Waals surface area (Å²) in [7, 11) is 0. The fourth-order valence-corrected chi connectivity index (χ4v) is 4.84. The summed E-state index contributed by atoms with van der Waals surface area (Å²) in [6, 6.07) is 7.56. The van der Waals surface area contributed by atoms with E-state index in [1.165, 1.54) is 15.3 Å². The van der Waals surface area contributed by atoms with Crippen LogP contribution in [-0.4, -0.2) is 45.6 Å². The predicted molar refractivity (Wildman–Crippen MR) is 121 cm³/mol. The molecular formula is C23H25ClN4O5. The molecule has 0 N–H and O–H groups in total. The summed E-state index contributed by atoms with van der Waals surface area (Å²) in [4.78, 5) is 26.4. The zero-order chi connectivity index (χ0) is 23.0. The molecule has 2 aromatic heterocycles. The fourth-order valence-electron chi connectivity index (χ4n) is 4.58. The molecule has 0 amide bonds. The van der Waals surface area contributed by atoms with Crippen LogP contribution in [0.2, 0.25) is 5.02 Å². The van der Waals surface area contributed by atoms with Gasteiger partial charge in [-0.05, 0) is 31.9 Å². The number of ether oxygens (including phenoxy) is 2. The highest BCUT2D eigenvalue weighted by atomic mass is 35.5. The van der Waals surface area contributed by atoms with E-state index in [1.54, 1.807) is 19.2 Å². The third-order valence-electron chi connectivity index (χ3n) is 6.41. The fraction of sp³-hybridized carbons (Fsp3) is 0.435. The molecule has 2 aliphatic heterocycles. The van der Waals surface area contributed by atoms with E-state index in [9.17, 15) is 9.59 Å². The number of imidazole rings is 1. The third kappa shape index (κ3) is 4.13. The largest absolute Gasteiger partial charge is 0.487 e. The Balaban J connectivity index is 1.26. The van der Waals surface area contributed by atoms with Gasteiger partial charge in [-0.25, -0.2) is 9.36 Å². The van der Waals surface area contributed by atoms with E-state index in [-0.39, 0.29) is 18.8 Å².